The lowest BCUT2D eigenvalue weighted by atomic mass is 10.5. The van der Waals surface area contributed by atoms with Gasteiger partial charge < -0.3 is 10.1 Å². The van der Waals surface area contributed by atoms with Crippen LogP contribution in [0, 0.1) is 0 Å². The number of nitrogens with one attached hydrogen (secondary N) is 2. The minimum atomic E-state index is -0.918. The number of hydrogen-bond acceptors (Lipinski definition) is 2. The normalized spacial score (nSPS) is 10.7. The molecule has 1 heterocycles. The molecule has 0 amide bonds. The Bertz CT molecular complexity index is 277. The maximum atomic E-state index is 10.4. The smallest absolute Gasteiger partial charge is 0.326 e. The fraction of sp³-hybridized carbons (Fsp3) is 0.250. The van der Waals surface area contributed by atoms with Crippen LogP contribution in [0.1, 0.15) is 10.5 Å². The predicted molar refractivity (Wildman–Crippen MR) is 37.5 cm³/mol. The number of aromatic hydroxyl groups is 1. The van der Waals surface area contributed by atoms with Gasteiger partial charge in [-0.3, -0.25) is 4.98 Å². The van der Waals surface area contributed by atoms with Crippen molar-refractivity contribution >= 4 is 23.2 Å². The number of halogens is 2. The van der Waals surface area contributed by atoms with Gasteiger partial charge in [-0.2, -0.15) is 0 Å². The van der Waals surface area contributed by atoms with Gasteiger partial charge in [-0.15, -0.1) is 0 Å². The Morgan fingerprint density at radius 1 is 1.40 bits per heavy atom. The van der Waals surface area contributed by atoms with E-state index >= 15 is 0 Å². The topological polar surface area (TPSA) is 68.9 Å². The predicted octanol–water partition coefficient (Wildman–Crippen LogP) is 0.885. The third kappa shape index (κ3) is 1.27. The van der Waals surface area contributed by atoms with E-state index in [0.717, 1.165) is 0 Å². The fourth-order valence-electron chi connectivity index (χ4n) is 0.546. The van der Waals surface area contributed by atoms with Crippen molar-refractivity contribution in [3.63, 3.8) is 0 Å². The van der Waals surface area contributed by atoms with Gasteiger partial charge in [-0.25, -0.2) is 4.79 Å². The third-order valence-electron chi connectivity index (χ3n) is 0.953. The molecule has 0 fully saturated rings. The lowest BCUT2D eigenvalue weighted by molar-refractivity contribution is 0.450. The van der Waals surface area contributed by atoms with E-state index in [1.165, 1.54) is 0 Å². The van der Waals surface area contributed by atoms with Gasteiger partial charge in [0.2, 0.25) is 5.88 Å². The average molecular weight is 183 g/mol. The summed E-state index contributed by atoms with van der Waals surface area (Å²) in [5.41, 5.74) is -0.438. The highest BCUT2D eigenvalue weighted by Crippen LogP contribution is 2.27. The summed E-state index contributed by atoms with van der Waals surface area (Å²) in [6, 6.07) is 0. The molecular weight excluding hydrogens is 179 g/mol. The Kier molecular flexibility index (Phi) is 1.92. The molecule has 0 saturated heterocycles. The van der Waals surface area contributed by atoms with Gasteiger partial charge in [0.1, 0.15) is 5.69 Å². The van der Waals surface area contributed by atoms with E-state index in [2.05, 4.69) is 9.97 Å². The lowest BCUT2D eigenvalue weighted by Gasteiger charge is -1.93. The van der Waals surface area contributed by atoms with Crippen molar-refractivity contribution in [3.8, 4) is 5.88 Å². The first-order chi connectivity index (χ1) is 4.61. The first-order valence-electron chi connectivity index (χ1n) is 2.40. The Labute approximate surface area is 65.8 Å². The van der Waals surface area contributed by atoms with Crippen molar-refractivity contribution in [1.29, 1.82) is 0 Å². The standard InChI is InChI=1S/C4H4Cl2N2O2/c5-2(6)1-3(9)8-4(10)7-1/h2,9H,(H2,7,8,10). The molecule has 10 heavy (non-hydrogen) atoms. The maximum Gasteiger partial charge on any atom is 0.326 e. The van der Waals surface area contributed by atoms with Gasteiger partial charge in [-0.05, 0) is 0 Å². The molecule has 0 aliphatic rings. The van der Waals surface area contributed by atoms with E-state index in [1.807, 2.05) is 0 Å². The molecule has 0 aliphatic heterocycles. The van der Waals surface area contributed by atoms with Gasteiger partial charge in [0, 0.05) is 0 Å². The summed E-state index contributed by atoms with van der Waals surface area (Å²) in [4.78, 5) is 13.8. The van der Waals surface area contributed by atoms with Crippen LogP contribution in [0.5, 0.6) is 5.88 Å². The number of alkyl halides is 2. The quantitative estimate of drug-likeness (QED) is 0.565. The van der Waals surface area contributed by atoms with Crippen molar-refractivity contribution < 1.29 is 5.11 Å². The zero-order valence-electron chi connectivity index (χ0n) is 4.69. The highest BCUT2D eigenvalue weighted by Gasteiger charge is 2.11. The summed E-state index contributed by atoms with van der Waals surface area (Å²) in [6.07, 6.45) is 0. The molecule has 56 valence electrons. The minimum absolute atomic E-state index is 0.0910. The summed E-state index contributed by atoms with van der Waals surface area (Å²) in [6.45, 7) is 0. The number of imidazole rings is 1. The van der Waals surface area contributed by atoms with Crippen LogP contribution in [0.25, 0.3) is 0 Å². The van der Waals surface area contributed by atoms with Crippen LogP contribution in [-0.4, -0.2) is 15.1 Å². The Morgan fingerprint density at radius 2 is 2.00 bits per heavy atom. The van der Waals surface area contributed by atoms with Crippen LogP contribution in [0.15, 0.2) is 4.79 Å². The molecule has 0 bridgehead atoms. The molecule has 0 unspecified atom stereocenters. The maximum absolute atomic E-state index is 10.4. The van der Waals surface area contributed by atoms with Crippen LogP contribution in [0.2, 0.25) is 0 Å². The second-order valence-electron chi connectivity index (χ2n) is 1.64. The molecule has 1 aromatic heterocycles. The molecule has 0 atom stereocenters. The van der Waals surface area contributed by atoms with Gasteiger partial charge >= 0.3 is 5.69 Å². The van der Waals surface area contributed by atoms with Crippen LogP contribution < -0.4 is 5.69 Å². The number of hydrogen-bond donors (Lipinski definition) is 3. The Balaban J connectivity index is 3.15. The largest absolute Gasteiger partial charge is 0.493 e. The zero-order valence-corrected chi connectivity index (χ0v) is 6.20. The van der Waals surface area contributed by atoms with E-state index in [0.29, 0.717) is 0 Å². The molecule has 6 heteroatoms. The second-order valence-corrected chi connectivity index (χ2v) is 2.74. The first-order valence-corrected chi connectivity index (χ1v) is 3.28. The number of H-pyrrole nitrogens is 2. The Morgan fingerprint density at radius 3 is 2.20 bits per heavy atom. The summed E-state index contributed by atoms with van der Waals surface area (Å²) < 4.78 is 0. The van der Waals surface area contributed by atoms with Gasteiger partial charge in [-0.1, -0.05) is 23.2 Å². The van der Waals surface area contributed by atoms with E-state index in [1.54, 1.807) is 0 Å². The average Bonchev–Trinajstić information content (AvgIpc) is 2.10. The number of aromatic nitrogens is 2. The van der Waals surface area contributed by atoms with E-state index in [-0.39, 0.29) is 11.6 Å². The highest BCUT2D eigenvalue weighted by atomic mass is 35.5. The lowest BCUT2D eigenvalue weighted by Crippen LogP contribution is -2.00. The molecule has 1 rings (SSSR count). The molecule has 0 aliphatic carbocycles. The van der Waals surface area contributed by atoms with Gasteiger partial charge in [0.05, 0.1) is 0 Å². The van der Waals surface area contributed by atoms with Crippen molar-refractivity contribution in [2.75, 3.05) is 0 Å². The van der Waals surface area contributed by atoms with Crippen molar-refractivity contribution in [3.05, 3.63) is 16.2 Å². The molecule has 0 radical (unpaired) electrons. The van der Waals surface area contributed by atoms with Crippen LogP contribution in [0.4, 0.5) is 0 Å². The second kappa shape index (κ2) is 2.56. The zero-order chi connectivity index (χ0) is 7.72. The van der Waals surface area contributed by atoms with E-state index < -0.39 is 10.5 Å². The summed E-state index contributed by atoms with van der Waals surface area (Å²) >= 11 is 10.7. The Hall–Kier alpha value is -0.610. The summed E-state index contributed by atoms with van der Waals surface area (Å²) in [5, 5.41) is 8.85. The first kappa shape index (κ1) is 7.50. The number of rotatable bonds is 1. The van der Waals surface area contributed by atoms with Crippen molar-refractivity contribution in [1.82, 2.24) is 9.97 Å². The molecule has 1 aromatic rings. The highest BCUT2D eigenvalue weighted by molar-refractivity contribution is 6.44. The molecule has 0 spiro atoms. The number of aromatic amines is 2. The molecular formula is C4H4Cl2N2O2. The van der Waals surface area contributed by atoms with Crippen LogP contribution in [0.3, 0.4) is 0 Å². The molecule has 4 nitrogen and oxygen atoms in total. The summed E-state index contributed by atoms with van der Waals surface area (Å²) in [5.74, 6) is -0.319. The van der Waals surface area contributed by atoms with Crippen molar-refractivity contribution in [2.45, 2.75) is 4.84 Å². The SMILES string of the molecule is O=c1[nH]c(O)c(C(Cl)Cl)[nH]1. The monoisotopic (exact) mass is 182 g/mol. The van der Waals surface area contributed by atoms with E-state index in [4.69, 9.17) is 28.3 Å². The fourth-order valence-corrected chi connectivity index (χ4v) is 0.861. The minimum Gasteiger partial charge on any atom is -0.493 e. The third-order valence-corrected chi connectivity index (χ3v) is 1.39. The van der Waals surface area contributed by atoms with Gasteiger partial charge in [0.25, 0.3) is 0 Å². The van der Waals surface area contributed by atoms with E-state index in [9.17, 15) is 4.79 Å². The summed E-state index contributed by atoms with van der Waals surface area (Å²) in [7, 11) is 0. The molecule has 3 N–H and O–H groups in total. The van der Waals surface area contributed by atoms with Crippen molar-refractivity contribution in [2.24, 2.45) is 0 Å². The van der Waals surface area contributed by atoms with Gasteiger partial charge in [0.15, 0.2) is 4.84 Å². The molecule has 0 saturated carbocycles. The van der Waals surface area contributed by atoms with Crippen LogP contribution >= 0.6 is 23.2 Å². The molecule has 0 aromatic carbocycles. The van der Waals surface area contributed by atoms with Crippen LogP contribution in [-0.2, 0) is 0 Å².